The third-order valence-electron chi connectivity index (χ3n) is 10.7. The zero-order valence-electron chi connectivity index (χ0n) is 36.1. The molecule has 0 spiro atoms. The SMILES string of the molecule is CCCOc1cc(OCC)c(N)c2c1-c1c(OCCN3CCOCC3)cccc1C2=O.CCCOc1cc(OCC)c(N)c2c1-c1c(OCCc3ccccn3)cccc1C2=O. The lowest BCUT2D eigenvalue weighted by molar-refractivity contribution is 0.0323. The van der Waals surface area contributed by atoms with Crippen molar-refractivity contribution >= 4 is 22.9 Å². The summed E-state index contributed by atoms with van der Waals surface area (Å²) in [6.07, 6.45) is 4.12. The van der Waals surface area contributed by atoms with Crippen molar-refractivity contribution in [2.75, 3.05) is 84.0 Å². The Morgan fingerprint density at radius 1 is 0.565 bits per heavy atom. The number of benzene rings is 4. The number of anilines is 2. The van der Waals surface area contributed by atoms with Crippen LogP contribution in [0.25, 0.3) is 22.3 Å². The maximum absolute atomic E-state index is 13.3. The third kappa shape index (κ3) is 9.14. The first kappa shape index (κ1) is 43.8. The van der Waals surface area contributed by atoms with Crippen LogP contribution >= 0.6 is 0 Å². The second kappa shape index (κ2) is 20.5. The van der Waals surface area contributed by atoms with E-state index in [-0.39, 0.29) is 11.6 Å². The molecule has 1 aromatic heterocycles. The van der Waals surface area contributed by atoms with Gasteiger partial charge in [-0.05, 0) is 51.0 Å². The molecule has 1 fully saturated rings. The van der Waals surface area contributed by atoms with Gasteiger partial charge in [0, 0.05) is 83.5 Å². The van der Waals surface area contributed by atoms with Crippen molar-refractivity contribution in [2.24, 2.45) is 0 Å². The highest BCUT2D eigenvalue weighted by atomic mass is 16.5. The van der Waals surface area contributed by atoms with Gasteiger partial charge in [-0.3, -0.25) is 19.5 Å². The molecule has 0 saturated carbocycles. The first-order valence-electron chi connectivity index (χ1n) is 21.6. The number of fused-ring (bicyclic) bond motifs is 6. The molecule has 2 aliphatic carbocycles. The van der Waals surface area contributed by atoms with E-state index in [9.17, 15) is 9.59 Å². The zero-order valence-corrected chi connectivity index (χ0v) is 36.1. The number of ketones is 2. The molecule has 0 bridgehead atoms. The Bertz CT molecular complexity index is 2380. The third-order valence-corrected chi connectivity index (χ3v) is 10.7. The standard InChI is InChI=1S/C25H26N2O4.C24H30N2O5/c1-3-13-30-19-15-20(29-4-2)24(26)23-22(19)21-17(25(23)28)9-7-10-18(21)31-14-11-16-8-5-6-12-27-16;1-3-11-30-18-15-19(29-4-2)23(25)22-21(18)20-16(24(22)27)6-5-7-17(20)31-14-10-26-8-12-28-13-9-26/h5-10,12,15H,3-4,11,13-14,26H2,1-2H3;5-7,15H,3-4,8-14,25H2,1-2H3. The minimum absolute atomic E-state index is 0.121. The second-order valence-corrected chi connectivity index (χ2v) is 14.9. The Labute approximate surface area is 363 Å². The van der Waals surface area contributed by atoms with Crippen molar-refractivity contribution in [3.05, 3.63) is 101 Å². The van der Waals surface area contributed by atoms with Gasteiger partial charge >= 0.3 is 0 Å². The summed E-state index contributed by atoms with van der Waals surface area (Å²) in [5, 5.41) is 0. The maximum atomic E-state index is 13.3. The van der Waals surface area contributed by atoms with Crippen molar-refractivity contribution in [3.63, 3.8) is 0 Å². The van der Waals surface area contributed by atoms with Crippen molar-refractivity contribution in [2.45, 2.75) is 47.0 Å². The predicted octanol–water partition coefficient (Wildman–Crippen LogP) is 8.06. The van der Waals surface area contributed by atoms with E-state index in [1.165, 1.54) is 0 Å². The molecular formula is C49H56N4O9. The highest BCUT2D eigenvalue weighted by molar-refractivity contribution is 6.27. The largest absolute Gasteiger partial charge is 0.493 e. The number of aromatic nitrogens is 1. The van der Waals surface area contributed by atoms with Gasteiger partial charge in [-0.25, -0.2) is 0 Å². The number of morpholine rings is 1. The molecule has 13 nitrogen and oxygen atoms in total. The highest BCUT2D eigenvalue weighted by Crippen LogP contribution is 2.53. The van der Waals surface area contributed by atoms with Crippen LogP contribution in [0.1, 0.15) is 78.1 Å². The molecular weight excluding hydrogens is 789 g/mol. The number of ether oxygens (including phenoxy) is 7. The summed E-state index contributed by atoms with van der Waals surface area (Å²) in [5.74, 6) is 3.17. The van der Waals surface area contributed by atoms with Gasteiger partial charge in [0.2, 0.25) is 0 Å². The quantitative estimate of drug-likeness (QED) is 0.0797. The van der Waals surface area contributed by atoms with Gasteiger partial charge in [0.15, 0.2) is 11.6 Å². The van der Waals surface area contributed by atoms with Crippen LogP contribution < -0.4 is 39.9 Å². The average Bonchev–Trinajstić information content (AvgIpc) is 3.78. The van der Waals surface area contributed by atoms with Gasteiger partial charge in [0.05, 0.1) is 68.7 Å². The molecule has 326 valence electrons. The zero-order chi connectivity index (χ0) is 43.6. The molecule has 1 aliphatic heterocycles. The lowest BCUT2D eigenvalue weighted by Gasteiger charge is -2.26. The van der Waals surface area contributed by atoms with Crippen molar-refractivity contribution < 1.29 is 42.7 Å². The summed E-state index contributed by atoms with van der Waals surface area (Å²) in [6, 6.07) is 20.4. The molecule has 4 aromatic carbocycles. The van der Waals surface area contributed by atoms with Crippen LogP contribution in [0.5, 0.6) is 34.5 Å². The number of hydrogen-bond acceptors (Lipinski definition) is 13. The Hall–Kier alpha value is -6.31. The molecule has 0 amide bonds. The van der Waals surface area contributed by atoms with Crippen LogP contribution in [-0.2, 0) is 11.2 Å². The Kier molecular flexibility index (Phi) is 14.5. The number of nitrogens with two attached hydrogens (primary N) is 2. The van der Waals surface area contributed by atoms with Gasteiger partial charge < -0.3 is 44.6 Å². The maximum Gasteiger partial charge on any atom is 0.196 e. The number of nitrogens with zero attached hydrogens (tertiary/aromatic N) is 2. The molecule has 62 heavy (non-hydrogen) atoms. The smallest absolute Gasteiger partial charge is 0.196 e. The van der Waals surface area contributed by atoms with Gasteiger partial charge in [0.1, 0.15) is 41.1 Å². The predicted molar refractivity (Wildman–Crippen MR) is 240 cm³/mol. The summed E-state index contributed by atoms with van der Waals surface area (Å²) in [4.78, 5) is 33.2. The Balaban J connectivity index is 0.000000186. The van der Waals surface area contributed by atoms with Crippen molar-refractivity contribution in [1.29, 1.82) is 0 Å². The average molecular weight is 845 g/mol. The first-order valence-corrected chi connectivity index (χ1v) is 21.6. The minimum Gasteiger partial charge on any atom is -0.493 e. The van der Waals surface area contributed by atoms with Crippen molar-refractivity contribution in [1.82, 2.24) is 9.88 Å². The molecule has 8 rings (SSSR count). The normalized spacial score (nSPS) is 13.6. The van der Waals surface area contributed by atoms with Crippen LogP contribution in [0.2, 0.25) is 0 Å². The van der Waals surface area contributed by atoms with E-state index in [1.807, 2.05) is 76.2 Å². The molecule has 0 radical (unpaired) electrons. The molecule has 13 heteroatoms. The van der Waals surface area contributed by atoms with E-state index in [1.54, 1.807) is 24.4 Å². The number of rotatable bonds is 18. The van der Waals surface area contributed by atoms with E-state index in [2.05, 4.69) is 9.88 Å². The van der Waals surface area contributed by atoms with Crippen LogP contribution in [0.4, 0.5) is 11.4 Å². The lowest BCUT2D eigenvalue weighted by Crippen LogP contribution is -2.38. The fraction of sp³-hybridized carbons (Fsp3) is 0.367. The summed E-state index contributed by atoms with van der Waals surface area (Å²) < 4.78 is 41.1. The van der Waals surface area contributed by atoms with Gasteiger partial charge in [-0.1, -0.05) is 44.2 Å². The topological polar surface area (TPSA) is 167 Å². The Morgan fingerprint density at radius 3 is 1.56 bits per heavy atom. The molecule has 1 saturated heterocycles. The highest BCUT2D eigenvalue weighted by Gasteiger charge is 2.37. The van der Waals surface area contributed by atoms with E-state index < -0.39 is 0 Å². The molecule has 2 heterocycles. The van der Waals surface area contributed by atoms with E-state index in [0.717, 1.165) is 62.5 Å². The number of hydrogen-bond donors (Lipinski definition) is 2. The lowest BCUT2D eigenvalue weighted by atomic mass is 10.0. The van der Waals surface area contributed by atoms with E-state index >= 15 is 0 Å². The Morgan fingerprint density at radius 2 is 1.08 bits per heavy atom. The number of carbonyl (C=O) groups is 2. The molecule has 4 N–H and O–H groups in total. The molecule has 0 unspecified atom stereocenters. The van der Waals surface area contributed by atoms with Crippen LogP contribution in [0, 0.1) is 0 Å². The first-order chi connectivity index (χ1) is 30.3. The summed E-state index contributed by atoms with van der Waals surface area (Å²) in [7, 11) is 0. The van der Waals surface area contributed by atoms with Crippen LogP contribution in [0.3, 0.4) is 0 Å². The fourth-order valence-corrected chi connectivity index (χ4v) is 7.86. The second-order valence-electron chi connectivity index (χ2n) is 14.9. The molecule has 5 aromatic rings. The van der Waals surface area contributed by atoms with E-state index in [0.29, 0.717) is 125 Å². The summed E-state index contributed by atoms with van der Waals surface area (Å²) >= 11 is 0. The number of carbonyl (C=O) groups excluding carboxylic acids is 2. The van der Waals surface area contributed by atoms with Gasteiger partial charge in [-0.15, -0.1) is 0 Å². The van der Waals surface area contributed by atoms with Gasteiger partial charge in [0.25, 0.3) is 0 Å². The van der Waals surface area contributed by atoms with Crippen molar-refractivity contribution in [3.8, 4) is 56.8 Å². The monoisotopic (exact) mass is 844 g/mol. The molecule has 3 aliphatic rings. The minimum atomic E-state index is -0.138. The fourth-order valence-electron chi connectivity index (χ4n) is 7.86. The number of pyridine rings is 1. The number of nitrogen functional groups attached to an aromatic ring is 2. The molecule has 0 atom stereocenters. The summed E-state index contributed by atoms with van der Waals surface area (Å²) in [6.45, 7) is 14.9. The van der Waals surface area contributed by atoms with E-state index in [4.69, 9.17) is 44.6 Å². The van der Waals surface area contributed by atoms with Crippen LogP contribution in [-0.4, -0.2) is 93.9 Å². The van der Waals surface area contributed by atoms with Crippen LogP contribution in [0.15, 0.2) is 72.9 Å². The summed E-state index contributed by atoms with van der Waals surface area (Å²) in [5.41, 5.74) is 19.3. The van der Waals surface area contributed by atoms with Gasteiger partial charge in [-0.2, -0.15) is 0 Å².